The lowest BCUT2D eigenvalue weighted by atomic mass is 10.1. The number of methoxy groups -OCH3 is 2. The molecular formula is C16H26O4. The third-order valence-corrected chi connectivity index (χ3v) is 3.15. The van der Waals surface area contributed by atoms with Gasteiger partial charge >= 0.3 is 0 Å². The van der Waals surface area contributed by atoms with E-state index in [1.165, 1.54) is 12.8 Å². The molecule has 0 heterocycles. The normalized spacial score (nSPS) is 10.3. The lowest BCUT2D eigenvalue weighted by Gasteiger charge is -2.10. The fourth-order valence-corrected chi connectivity index (χ4v) is 1.98. The summed E-state index contributed by atoms with van der Waals surface area (Å²) in [5, 5.41) is 8.68. The van der Waals surface area contributed by atoms with Crippen LogP contribution in [0.1, 0.15) is 38.5 Å². The summed E-state index contributed by atoms with van der Waals surface area (Å²) in [5.41, 5.74) is 0. The van der Waals surface area contributed by atoms with Crippen molar-refractivity contribution in [2.24, 2.45) is 0 Å². The number of aliphatic hydroxyl groups is 1. The molecule has 0 aliphatic rings. The van der Waals surface area contributed by atoms with Gasteiger partial charge in [-0.25, -0.2) is 0 Å². The van der Waals surface area contributed by atoms with Gasteiger partial charge in [0.1, 0.15) is 17.2 Å². The Hall–Kier alpha value is -1.42. The molecule has 0 unspecified atom stereocenters. The summed E-state index contributed by atoms with van der Waals surface area (Å²) in [5.74, 6) is 2.26. The predicted molar refractivity (Wildman–Crippen MR) is 79.8 cm³/mol. The summed E-state index contributed by atoms with van der Waals surface area (Å²) in [7, 11) is 3.26. The second-order valence-electron chi connectivity index (χ2n) is 4.74. The van der Waals surface area contributed by atoms with Crippen molar-refractivity contribution in [3.05, 3.63) is 18.2 Å². The van der Waals surface area contributed by atoms with Gasteiger partial charge in [-0.15, -0.1) is 0 Å². The predicted octanol–water partition coefficient (Wildman–Crippen LogP) is 3.42. The van der Waals surface area contributed by atoms with Crippen LogP contribution in [0.4, 0.5) is 0 Å². The number of benzene rings is 1. The van der Waals surface area contributed by atoms with Gasteiger partial charge in [0, 0.05) is 24.8 Å². The van der Waals surface area contributed by atoms with Crippen LogP contribution >= 0.6 is 0 Å². The summed E-state index contributed by atoms with van der Waals surface area (Å²) >= 11 is 0. The molecule has 0 aliphatic carbocycles. The van der Waals surface area contributed by atoms with Crippen molar-refractivity contribution >= 4 is 0 Å². The van der Waals surface area contributed by atoms with Crippen molar-refractivity contribution in [2.45, 2.75) is 38.5 Å². The molecule has 1 aromatic rings. The summed E-state index contributed by atoms with van der Waals surface area (Å²) in [4.78, 5) is 0. The topological polar surface area (TPSA) is 47.9 Å². The molecule has 1 rings (SSSR count). The van der Waals surface area contributed by atoms with Crippen molar-refractivity contribution in [3.63, 3.8) is 0 Å². The Morgan fingerprint density at radius 1 is 0.750 bits per heavy atom. The molecule has 1 aromatic carbocycles. The van der Waals surface area contributed by atoms with Gasteiger partial charge < -0.3 is 19.3 Å². The Morgan fingerprint density at radius 3 is 1.80 bits per heavy atom. The molecule has 4 heteroatoms. The molecule has 0 saturated heterocycles. The second kappa shape index (κ2) is 10.4. The summed E-state index contributed by atoms with van der Waals surface area (Å²) in [6, 6.07) is 5.56. The fourth-order valence-electron chi connectivity index (χ4n) is 1.98. The van der Waals surface area contributed by atoms with Gasteiger partial charge in [0.05, 0.1) is 20.8 Å². The highest BCUT2D eigenvalue weighted by Crippen LogP contribution is 2.27. The monoisotopic (exact) mass is 282 g/mol. The standard InChI is InChI=1S/C16H26O4/c1-18-14-11-15(19-2)13-16(12-14)20-10-8-6-4-3-5-7-9-17/h11-13,17H,3-10H2,1-2H3. The maximum absolute atomic E-state index is 8.68. The number of hydrogen-bond acceptors (Lipinski definition) is 4. The summed E-state index contributed by atoms with van der Waals surface area (Å²) in [6.07, 6.45) is 6.62. The molecular weight excluding hydrogens is 256 g/mol. The zero-order chi connectivity index (χ0) is 14.6. The Balaban J connectivity index is 2.21. The van der Waals surface area contributed by atoms with Gasteiger partial charge in [-0.1, -0.05) is 25.7 Å². The third kappa shape index (κ3) is 6.66. The van der Waals surface area contributed by atoms with Crippen molar-refractivity contribution in [2.75, 3.05) is 27.4 Å². The van der Waals surface area contributed by atoms with E-state index in [2.05, 4.69) is 0 Å². The largest absolute Gasteiger partial charge is 0.496 e. The maximum Gasteiger partial charge on any atom is 0.126 e. The molecule has 0 atom stereocenters. The minimum atomic E-state index is 0.306. The van der Waals surface area contributed by atoms with E-state index in [1.807, 2.05) is 18.2 Å². The Bertz CT molecular complexity index is 343. The van der Waals surface area contributed by atoms with E-state index < -0.39 is 0 Å². The lowest BCUT2D eigenvalue weighted by molar-refractivity contribution is 0.280. The average molecular weight is 282 g/mol. The van der Waals surface area contributed by atoms with E-state index in [9.17, 15) is 0 Å². The molecule has 0 bridgehead atoms. The molecule has 114 valence electrons. The van der Waals surface area contributed by atoms with Gasteiger partial charge in [0.25, 0.3) is 0 Å². The SMILES string of the molecule is COc1cc(OC)cc(OCCCCCCCCO)c1. The van der Waals surface area contributed by atoms with Crippen molar-refractivity contribution in [3.8, 4) is 17.2 Å². The van der Waals surface area contributed by atoms with Crippen LogP contribution in [0.15, 0.2) is 18.2 Å². The fraction of sp³-hybridized carbons (Fsp3) is 0.625. The highest BCUT2D eigenvalue weighted by molar-refractivity contribution is 5.41. The van der Waals surface area contributed by atoms with Crippen LogP contribution in [0.3, 0.4) is 0 Å². The van der Waals surface area contributed by atoms with E-state index in [0.717, 1.165) is 42.9 Å². The lowest BCUT2D eigenvalue weighted by Crippen LogP contribution is -1.98. The van der Waals surface area contributed by atoms with Crippen LogP contribution in [-0.4, -0.2) is 32.5 Å². The van der Waals surface area contributed by atoms with Crippen LogP contribution in [0.2, 0.25) is 0 Å². The molecule has 0 fully saturated rings. The van der Waals surface area contributed by atoms with Crippen LogP contribution in [-0.2, 0) is 0 Å². The van der Waals surface area contributed by atoms with Gasteiger partial charge in [-0.05, 0) is 12.8 Å². The number of rotatable bonds is 11. The average Bonchev–Trinajstić information content (AvgIpc) is 2.49. The Labute approximate surface area is 121 Å². The molecule has 20 heavy (non-hydrogen) atoms. The second-order valence-corrected chi connectivity index (χ2v) is 4.74. The molecule has 0 saturated carbocycles. The molecule has 0 spiro atoms. The van der Waals surface area contributed by atoms with E-state index in [1.54, 1.807) is 14.2 Å². The quantitative estimate of drug-likeness (QED) is 0.632. The molecule has 1 N–H and O–H groups in total. The van der Waals surface area contributed by atoms with E-state index in [-0.39, 0.29) is 0 Å². The van der Waals surface area contributed by atoms with Crippen LogP contribution in [0.25, 0.3) is 0 Å². The highest BCUT2D eigenvalue weighted by atomic mass is 16.5. The molecule has 0 aromatic heterocycles. The molecule has 0 aliphatic heterocycles. The number of ether oxygens (including phenoxy) is 3. The van der Waals surface area contributed by atoms with Gasteiger partial charge in [-0.2, -0.15) is 0 Å². The highest BCUT2D eigenvalue weighted by Gasteiger charge is 2.02. The third-order valence-electron chi connectivity index (χ3n) is 3.15. The first-order valence-corrected chi connectivity index (χ1v) is 7.27. The number of aliphatic hydroxyl groups excluding tert-OH is 1. The summed E-state index contributed by atoms with van der Waals surface area (Å²) < 4.78 is 16.1. The van der Waals surface area contributed by atoms with E-state index >= 15 is 0 Å². The maximum atomic E-state index is 8.68. The minimum absolute atomic E-state index is 0.306. The van der Waals surface area contributed by atoms with Gasteiger partial charge in [0.15, 0.2) is 0 Å². The molecule has 0 radical (unpaired) electrons. The first-order valence-electron chi connectivity index (χ1n) is 7.27. The molecule has 4 nitrogen and oxygen atoms in total. The van der Waals surface area contributed by atoms with Crippen LogP contribution in [0.5, 0.6) is 17.2 Å². The zero-order valence-electron chi connectivity index (χ0n) is 12.6. The minimum Gasteiger partial charge on any atom is -0.496 e. The number of unbranched alkanes of at least 4 members (excludes halogenated alkanes) is 5. The van der Waals surface area contributed by atoms with Crippen LogP contribution in [0, 0.1) is 0 Å². The van der Waals surface area contributed by atoms with Crippen molar-refractivity contribution in [1.29, 1.82) is 0 Å². The van der Waals surface area contributed by atoms with E-state index in [4.69, 9.17) is 19.3 Å². The Kier molecular flexibility index (Phi) is 8.63. The first kappa shape index (κ1) is 16.6. The van der Waals surface area contributed by atoms with Crippen molar-refractivity contribution in [1.82, 2.24) is 0 Å². The van der Waals surface area contributed by atoms with E-state index in [0.29, 0.717) is 13.2 Å². The first-order chi connectivity index (χ1) is 9.80. The zero-order valence-corrected chi connectivity index (χ0v) is 12.6. The van der Waals surface area contributed by atoms with Gasteiger partial charge in [-0.3, -0.25) is 0 Å². The van der Waals surface area contributed by atoms with Crippen LogP contribution < -0.4 is 14.2 Å². The Morgan fingerprint density at radius 2 is 1.25 bits per heavy atom. The molecule has 0 amide bonds. The summed E-state index contributed by atoms with van der Waals surface area (Å²) in [6.45, 7) is 1.01. The smallest absolute Gasteiger partial charge is 0.126 e. The van der Waals surface area contributed by atoms with Gasteiger partial charge in [0.2, 0.25) is 0 Å². The van der Waals surface area contributed by atoms with Crippen molar-refractivity contribution < 1.29 is 19.3 Å². The number of hydrogen-bond donors (Lipinski definition) is 1.